The van der Waals surface area contributed by atoms with Gasteiger partial charge in [0.25, 0.3) is 0 Å². The maximum atomic E-state index is 6.02. The molecule has 0 aliphatic carbocycles. The Kier molecular flexibility index (Phi) is 4.58. The molecule has 1 aromatic carbocycles. The molecule has 0 atom stereocenters. The summed E-state index contributed by atoms with van der Waals surface area (Å²) in [5.41, 5.74) is 9.40. The van der Waals surface area contributed by atoms with Gasteiger partial charge < -0.3 is 10.5 Å². The van der Waals surface area contributed by atoms with E-state index in [0.29, 0.717) is 22.2 Å². The molecule has 0 aliphatic heterocycles. The lowest BCUT2D eigenvalue weighted by Gasteiger charge is -2.14. The fourth-order valence-corrected chi connectivity index (χ4v) is 2.49. The van der Waals surface area contributed by atoms with Crippen LogP contribution in [0.15, 0.2) is 30.3 Å². The quantitative estimate of drug-likeness (QED) is 0.858. The zero-order valence-corrected chi connectivity index (χ0v) is 13.6. The number of hydrogen-bond donors (Lipinski definition) is 1. The van der Waals surface area contributed by atoms with Crippen molar-refractivity contribution in [2.24, 2.45) is 5.73 Å². The first-order valence-corrected chi connectivity index (χ1v) is 7.35. The Labute approximate surface area is 131 Å². The first kappa shape index (κ1) is 15.4. The van der Waals surface area contributed by atoms with Gasteiger partial charge in [-0.25, -0.2) is 0 Å². The van der Waals surface area contributed by atoms with Crippen LogP contribution in [0.3, 0.4) is 0 Å². The lowest BCUT2D eigenvalue weighted by molar-refractivity contribution is 0.478. The van der Waals surface area contributed by atoms with Gasteiger partial charge in [-0.05, 0) is 37.5 Å². The Morgan fingerprint density at radius 1 is 1.24 bits per heavy atom. The zero-order chi connectivity index (χ0) is 15.6. The molecule has 0 saturated carbocycles. The molecule has 2 aromatic rings. The van der Waals surface area contributed by atoms with Crippen molar-refractivity contribution in [1.82, 2.24) is 4.98 Å². The molecule has 21 heavy (non-hydrogen) atoms. The van der Waals surface area contributed by atoms with Crippen molar-refractivity contribution in [3.05, 3.63) is 52.8 Å². The molecule has 1 aromatic heterocycles. The second-order valence-electron chi connectivity index (χ2n) is 5.42. The summed E-state index contributed by atoms with van der Waals surface area (Å²) in [4.78, 5) is 4.70. The molecule has 0 radical (unpaired) electrons. The van der Waals surface area contributed by atoms with Crippen LogP contribution >= 0.6 is 12.2 Å². The number of aromatic nitrogens is 1. The maximum Gasteiger partial charge on any atom is 0.141 e. The molecule has 0 bridgehead atoms. The topological polar surface area (TPSA) is 48.1 Å². The molecule has 110 valence electrons. The molecule has 0 unspecified atom stereocenters. The van der Waals surface area contributed by atoms with Gasteiger partial charge in [0.05, 0.1) is 11.3 Å². The predicted octanol–water partition coefficient (Wildman–Crippen LogP) is 4.25. The SMILES string of the molecule is Cc1cc(Oc2cccc(C(C)C)c2)c(C(N)=S)c(C)n1. The summed E-state index contributed by atoms with van der Waals surface area (Å²) in [5.74, 6) is 1.89. The third-order valence-corrected chi connectivity index (χ3v) is 3.50. The summed E-state index contributed by atoms with van der Waals surface area (Å²) in [7, 11) is 0. The number of nitrogens with zero attached hydrogens (tertiary/aromatic N) is 1. The van der Waals surface area contributed by atoms with Crippen molar-refractivity contribution in [2.75, 3.05) is 0 Å². The lowest BCUT2D eigenvalue weighted by Crippen LogP contribution is -2.14. The molecular weight excluding hydrogens is 280 g/mol. The summed E-state index contributed by atoms with van der Waals surface area (Å²) in [5, 5.41) is 0. The highest BCUT2D eigenvalue weighted by Crippen LogP contribution is 2.29. The largest absolute Gasteiger partial charge is 0.456 e. The Balaban J connectivity index is 2.44. The van der Waals surface area contributed by atoms with Gasteiger partial charge >= 0.3 is 0 Å². The smallest absolute Gasteiger partial charge is 0.141 e. The van der Waals surface area contributed by atoms with Crippen LogP contribution in [-0.4, -0.2) is 9.97 Å². The molecule has 0 fully saturated rings. The van der Waals surface area contributed by atoms with E-state index in [2.05, 4.69) is 24.9 Å². The molecule has 0 spiro atoms. The van der Waals surface area contributed by atoms with Crippen molar-refractivity contribution < 1.29 is 4.74 Å². The minimum absolute atomic E-state index is 0.301. The highest BCUT2D eigenvalue weighted by Gasteiger charge is 2.13. The van der Waals surface area contributed by atoms with Gasteiger partial charge in [-0.2, -0.15) is 0 Å². The number of aryl methyl sites for hydroxylation is 2. The van der Waals surface area contributed by atoms with E-state index in [0.717, 1.165) is 17.1 Å². The predicted molar refractivity (Wildman–Crippen MR) is 90.2 cm³/mol. The second kappa shape index (κ2) is 6.22. The normalized spacial score (nSPS) is 10.7. The van der Waals surface area contributed by atoms with E-state index in [4.69, 9.17) is 22.7 Å². The minimum Gasteiger partial charge on any atom is -0.456 e. The Hall–Kier alpha value is -1.94. The summed E-state index contributed by atoms with van der Waals surface area (Å²) < 4.78 is 6.02. The summed E-state index contributed by atoms with van der Waals surface area (Å²) in [6.45, 7) is 8.12. The molecule has 1 heterocycles. The van der Waals surface area contributed by atoms with E-state index in [-0.39, 0.29) is 0 Å². The van der Waals surface area contributed by atoms with Gasteiger partial charge in [-0.3, -0.25) is 4.98 Å². The highest BCUT2D eigenvalue weighted by atomic mass is 32.1. The summed E-state index contributed by atoms with van der Waals surface area (Å²) in [6, 6.07) is 9.92. The zero-order valence-electron chi connectivity index (χ0n) is 12.8. The monoisotopic (exact) mass is 300 g/mol. The highest BCUT2D eigenvalue weighted by molar-refractivity contribution is 7.80. The van der Waals surface area contributed by atoms with E-state index < -0.39 is 0 Å². The van der Waals surface area contributed by atoms with Crippen LogP contribution in [0.5, 0.6) is 11.5 Å². The van der Waals surface area contributed by atoms with Crippen LogP contribution in [-0.2, 0) is 0 Å². The molecule has 2 rings (SSSR count). The third-order valence-electron chi connectivity index (χ3n) is 3.29. The van der Waals surface area contributed by atoms with Gasteiger partial charge in [0.1, 0.15) is 16.5 Å². The van der Waals surface area contributed by atoms with E-state index >= 15 is 0 Å². The van der Waals surface area contributed by atoms with E-state index in [1.54, 1.807) is 0 Å². The van der Waals surface area contributed by atoms with Crippen molar-refractivity contribution in [3.63, 3.8) is 0 Å². The van der Waals surface area contributed by atoms with Gasteiger partial charge in [-0.1, -0.05) is 38.2 Å². The van der Waals surface area contributed by atoms with Crippen molar-refractivity contribution in [3.8, 4) is 11.5 Å². The average Bonchev–Trinajstić information content (AvgIpc) is 2.37. The van der Waals surface area contributed by atoms with Crippen LogP contribution in [0, 0.1) is 13.8 Å². The van der Waals surface area contributed by atoms with Crippen molar-refractivity contribution in [2.45, 2.75) is 33.6 Å². The molecule has 0 saturated heterocycles. The van der Waals surface area contributed by atoms with Crippen LogP contribution in [0.4, 0.5) is 0 Å². The molecule has 0 amide bonds. The van der Waals surface area contributed by atoms with Gasteiger partial charge in [0, 0.05) is 11.8 Å². The lowest BCUT2D eigenvalue weighted by atomic mass is 10.0. The second-order valence-corrected chi connectivity index (χ2v) is 5.86. The average molecular weight is 300 g/mol. The maximum absolute atomic E-state index is 6.02. The van der Waals surface area contributed by atoms with Gasteiger partial charge in [0.2, 0.25) is 0 Å². The molecular formula is C17H20N2OS. The number of hydrogen-bond acceptors (Lipinski definition) is 3. The van der Waals surface area contributed by atoms with Crippen LogP contribution in [0.1, 0.15) is 42.3 Å². The van der Waals surface area contributed by atoms with Crippen LogP contribution < -0.4 is 10.5 Å². The third kappa shape index (κ3) is 3.58. The standard InChI is InChI=1S/C17H20N2OS/c1-10(2)13-6-5-7-14(9-13)20-15-8-11(3)19-12(4)16(15)17(18)21/h5-10H,1-4H3,(H2,18,21). The van der Waals surface area contributed by atoms with E-state index in [1.807, 2.05) is 38.1 Å². The Morgan fingerprint density at radius 2 is 1.95 bits per heavy atom. The molecule has 2 N–H and O–H groups in total. The first-order valence-electron chi connectivity index (χ1n) is 6.94. The van der Waals surface area contributed by atoms with Crippen molar-refractivity contribution in [1.29, 1.82) is 0 Å². The van der Waals surface area contributed by atoms with Gasteiger partial charge in [-0.15, -0.1) is 0 Å². The van der Waals surface area contributed by atoms with E-state index in [9.17, 15) is 0 Å². The summed E-state index contributed by atoms with van der Waals surface area (Å²) >= 11 is 5.12. The van der Waals surface area contributed by atoms with Crippen molar-refractivity contribution >= 4 is 17.2 Å². The van der Waals surface area contributed by atoms with Crippen LogP contribution in [0.2, 0.25) is 0 Å². The Morgan fingerprint density at radius 3 is 2.57 bits per heavy atom. The van der Waals surface area contributed by atoms with Crippen LogP contribution in [0.25, 0.3) is 0 Å². The first-order chi connectivity index (χ1) is 9.88. The Bertz CT molecular complexity index is 680. The number of pyridine rings is 1. The number of ether oxygens (including phenoxy) is 1. The minimum atomic E-state index is 0.301. The number of benzene rings is 1. The van der Waals surface area contributed by atoms with E-state index in [1.165, 1.54) is 5.56 Å². The van der Waals surface area contributed by atoms with Gasteiger partial charge in [0.15, 0.2) is 0 Å². The fraction of sp³-hybridized carbons (Fsp3) is 0.294. The molecule has 0 aliphatic rings. The number of rotatable bonds is 4. The number of nitrogens with two attached hydrogens (primary N) is 1. The molecule has 4 heteroatoms. The molecule has 3 nitrogen and oxygen atoms in total. The summed E-state index contributed by atoms with van der Waals surface area (Å²) in [6.07, 6.45) is 0. The number of thiocarbonyl (C=S) groups is 1. The fourth-order valence-electron chi connectivity index (χ4n) is 2.24.